The summed E-state index contributed by atoms with van der Waals surface area (Å²) in [6, 6.07) is 13.1. The Morgan fingerprint density at radius 3 is 2.35 bits per heavy atom. The molecule has 1 aliphatic heterocycles. The Labute approximate surface area is 195 Å². The number of anilines is 3. The molecule has 34 heavy (non-hydrogen) atoms. The van der Waals surface area contributed by atoms with E-state index in [0.717, 1.165) is 30.9 Å². The summed E-state index contributed by atoms with van der Waals surface area (Å²) in [6.07, 6.45) is -3.76. The van der Waals surface area contributed by atoms with Crippen LogP contribution in [0.25, 0.3) is 0 Å². The van der Waals surface area contributed by atoms with Crippen LogP contribution in [0.5, 0.6) is 0 Å². The molecule has 184 valence electrons. The molecular weight excluding hydrogens is 453 g/mol. The van der Waals surface area contributed by atoms with Gasteiger partial charge in [0.2, 0.25) is 5.91 Å². The zero-order valence-corrected chi connectivity index (χ0v) is 18.4. The summed E-state index contributed by atoms with van der Waals surface area (Å²) >= 11 is 0. The number of nitrogens with zero attached hydrogens (tertiary/aromatic N) is 3. The zero-order valence-electron chi connectivity index (χ0n) is 18.4. The number of amides is 1. The zero-order chi connectivity index (χ0) is 24.3. The maximum Gasteiger partial charge on any atom is 0.418 e. The van der Waals surface area contributed by atoms with Gasteiger partial charge in [-0.15, -0.1) is 5.23 Å². The van der Waals surface area contributed by atoms with E-state index in [9.17, 15) is 18.0 Å². The van der Waals surface area contributed by atoms with Crippen molar-refractivity contribution in [2.45, 2.75) is 31.2 Å². The van der Waals surface area contributed by atoms with Gasteiger partial charge in [0.15, 0.2) is 0 Å². The highest BCUT2D eigenvalue weighted by Gasteiger charge is 2.36. The minimum absolute atomic E-state index is 0.0154. The van der Waals surface area contributed by atoms with Gasteiger partial charge >= 0.3 is 6.18 Å². The number of carbonyl (C=O) groups excluding carboxylic acids is 1. The van der Waals surface area contributed by atoms with E-state index in [-0.39, 0.29) is 30.3 Å². The highest BCUT2D eigenvalue weighted by Crippen LogP contribution is 2.38. The largest absolute Gasteiger partial charge is 0.418 e. The number of alkyl halides is 3. The highest BCUT2D eigenvalue weighted by atomic mass is 19.4. The smallest absolute Gasteiger partial charge is 0.382 e. The molecule has 1 heterocycles. The molecule has 0 radical (unpaired) electrons. The van der Waals surface area contributed by atoms with Crippen molar-refractivity contribution >= 4 is 23.0 Å². The second-order valence-corrected chi connectivity index (χ2v) is 8.47. The summed E-state index contributed by atoms with van der Waals surface area (Å²) < 4.78 is 45.3. The number of rotatable bonds is 7. The van der Waals surface area contributed by atoms with Crippen LogP contribution in [0.1, 0.15) is 18.4 Å². The van der Waals surface area contributed by atoms with E-state index in [0.29, 0.717) is 25.9 Å². The number of nitrogens with one attached hydrogen (secondary N) is 1. The average Bonchev–Trinajstić information content (AvgIpc) is 2.80. The van der Waals surface area contributed by atoms with E-state index in [1.54, 1.807) is 4.90 Å². The second-order valence-electron chi connectivity index (χ2n) is 8.47. The van der Waals surface area contributed by atoms with E-state index >= 15 is 0 Å². The van der Waals surface area contributed by atoms with Crippen molar-refractivity contribution in [3.05, 3.63) is 54.1 Å². The summed E-state index contributed by atoms with van der Waals surface area (Å²) in [6.45, 7) is 2.76. The van der Waals surface area contributed by atoms with Crippen LogP contribution in [-0.2, 0) is 15.7 Å². The SMILES string of the molecule is O=C(COC1CC(Nc2ccc(N(O)O)c(C(F)(F)F)c2)C1)N1CCN(c2ccccc2)CC1. The van der Waals surface area contributed by atoms with E-state index in [2.05, 4.69) is 10.2 Å². The standard InChI is InChI=1S/C23H27F3N4O4/c24-23(25,26)20-14-16(6-7-21(20)30(32)33)27-17-12-19(13-17)34-15-22(31)29-10-8-28(9-11-29)18-4-2-1-3-5-18/h1-7,14,17,19,27,32-33H,8-13,15H2. The molecule has 1 amide bonds. The van der Waals surface area contributed by atoms with Crippen molar-refractivity contribution in [3.63, 3.8) is 0 Å². The number of carbonyl (C=O) groups is 1. The fourth-order valence-corrected chi connectivity index (χ4v) is 4.22. The third-order valence-corrected chi connectivity index (χ3v) is 6.18. The van der Waals surface area contributed by atoms with Crippen LogP contribution in [0.15, 0.2) is 48.5 Å². The number of para-hydroxylation sites is 1. The molecule has 1 saturated heterocycles. The molecule has 2 aliphatic rings. The molecule has 2 fully saturated rings. The first-order valence-corrected chi connectivity index (χ1v) is 11.1. The summed E-state index contributed by atoms with van der Waals surface area (Å²) in [4.78, 5) is 16.5. The molecule has 1 aliphatic carbocycles. The molecule has 0 bridgehead atoms. The van der Waals surface area contributed by atoms with Gasteiger partial charge in [0.05, 0.1) is 11.7 Å². The first-order chi connectivity index (χ1) is 16.2. The van der Waals surface area contributed by atoms with Crippen LogP contribution in [0, 0.1) is 0 Å². The number of benzene rings is 2. The molecule has 0 atom stereocenters. The van der Waals surface area contributed by atoms with Crippen molar-refractivity contribution in [1.29, 1.82) is 0 Å². The predicted molar refractivity (Wildman–Crippen MR) is 119 cm³/mol. The Morgan fingerprint density at radius 2 is 1.74 bits per heavy atom. The van der Waals surface area contributed by atoms with Gasteiger partial charge in [-0.1, -0.05) is 18.2 Å². The van der Waals surface area contributed by atoms with Crippen LogP contribution >= 0.6 is 0 Å². The molecule has 4 rings (SSSR count). The average molecular weight is 480 g/mol. The van der Waals surface area contributed by atoms with Gasteiger partial charge in [-0.3, -0.25) is 15.2 Å². The molecule has 11 heteroatoms. The number of piperazine rings is 1. The molecule has 0 aromatic heterocycles. The number of hydrogen-bond acceptors (Lipinski definition) is 7. The maximum atomic E-state index is 13.2. The summed E-state index contributed by atoms with van der Waals surface area (Å²) in [7, 11) is 0. The quantitative estimate of drug-likeness (QED) is 0.522. The summed E-state index contributed by atoms with van der Waals surface area (Å²) in [5, 5.41) is 20.5. The topological polar surface area (TPSA) is 88.5 Å². The van der Waals surface area contributed by atoms with Gasteiger partial charge in [-0.25, -0.2) is 0 Å². The molecule has 0 spiro atoms. The highest BCUT2D eigenvalue weighted by molar-refractivity contribution is 5.77. The lowest BCUT2D eigenvalue weighted by Crippen LogP contribution is -2.50. The Hall–Kier alpha value is -3.02. The molecule has 2 aromatic rings. The Morgan fingerprint density at radius 1 is 1.06 bits per heavy atom. The summed E-state index contributed by atoms with van der Waals surface area (Å²) in [5.41, 5.74) is -0.557. The summed E-state index contributed by atoms with van der Waals surface area (Å²) in [5.74, 6) is -0.0629. The molecule has 8 nitrogen and oxygen atoms in total. The first-order valence-electron chi connectivity index (χ1n) is 11.1. The molecule has 2 aromatic carbocycles. The fourth-order valence-electron chi connectivity index (χ4n) is 4.22. The Bertz CT molecular complexity index is 976. The molecular formula is C23H27F3N4O4. The lowest BCUT2D eigenvalue weighted by atomic mass is 9.89. The second kappa shape index (κ2) is 10.1. The fraction of sp³-hybridized carbons (Fsp3) is 0.435. The van der Waals surface area contributed by atoms with Crippen LogP contribution in [0.2, 0.25) is 0 Å². The Balaban J connectivity index is 1.19. The van der Waals surface area contributed by atoms with Crippen LogP contribution in [0.4, 0.5) is 30.2 Å². The predicted octanol–water partition coefficient (Wildman–Crippen LogP) is 3.60. The third-order valence-electron chi connectivity index (χ3n) is 6.18. The van der Waals surface area contributed by atoms with E-state index in [4.69, 9.17) is 15.2 Å². The molecule has 3 N–H and O–H groups in total. The minimum atomic E-state index is -4.74. The van der Waals surface area contributed by atoms with Gasteiger partial charge in [-0.05, 0) is 43.2 Å². The lowest BCUT2D eigenvalue weighted by molar-refractivity contribution is -0.140. The normalized spacial score (nSPS) is 20.6. The monoisotopic (exact) mass is 480 g/mol. The molecule has 1 saturated carbocycles. The van der Waals surface area contributed by atoms with Crippen LogP contribution < -0.4 is 15.4 Å². The van der Waals surface area contributed by atoms with Crippen LogP contribution in [0.3, 0.4) is 0 Å². The maximum absolute atomic E-state index is 13.2. The van der Waals surface area contributed by atoms with Gasteiger partial charge in [-0.2, -0.15) is 13.2 Å². The van der Waals surface area contributed by atoms with E-state index in [1.165, 1.54) is 6.07 Å². The first kappa shape index (κ1) is 24.1. The number of hydrogen-bond donors (Lipinski definition) is 3. The van der Waals surface area contributed by atoms with Crippen LogP contribution in [-0.4, -0.2) is 66.2 Å². The van der Waals surface area contributed by atoms with Crippen molar-refractivity contribution in [2.24, 2.45) is 0 Å². The van der Waals surface area contributed by atoms with Crippen molar-refractivity contribution in [3.8, 4) is 0 Å². The van der Waals surface area contributed by atoms with Gasteiger partial charge < -0.3 is 19.9 Å². The van der Waals surface area contributed by atoms with Crippen molar-refractivity contribution < 1.29 is 33.1 Å². The van der Waals surface area contributed by atoms with Gasteiger partial charge in [0.25, 0.3) is 0 Å². The van der Waals surface area contributed by atoms with Gasteiger partial charge in [0.1, 0.15) is 12.3 Å². The molecule has 0 unspecified atom stereocenters. The Kier molecular flexibility index (Phi) is 7.15. The van der Waals surface area contributed by atoms with E-state index < -0.39 is 22.7 Å². The number of ether oxygens (including phenoxy) is 1. The lowest BCUT2D eigenvalue weighted by Gasteiger charge is -2.38. The van der Waals surface area contributed by atoms with E-state index in [1.807, 2.05) is 30.3 Å². The third kappa shape index (κ3) is 5.72. The number of halogens is 3. The van der Waals surface area contributed by atoms with Crippen molar-refractivity contribution in [1.82, 2.24) is 4.90 Å². The van der Waals surface area contributed by atoms with Crippen molar-refractivity contribution in [2.75, 3.05) is 48.2 Å². The van der Waals surface area contributed by atoms with Gasteiger partial charge in [0, 0.05) is 43.6 Å². The minimum Gasteiger partial charge on any atom is -0.382 e.